The van der Waals surface area contributed by atoms with Crippen LogP contribution in [0.2, 0.25) is 0 Å². The molecule has 0 spiro atoms. The molecule has 0 saturated carbocycles. The molecular formula is C12H16F3N5S. The predicted octanol–water partition coefficient (Wildman–Crippen LogP) is 3.10. The van der Waals surface area contributed by atoms with Crippen molar-refractivity contribution in [3.05, 3.63) is 23.3 Å². The molecule has 116 valence electrons. The standard InChI is InChI=1S/C12H16F3N5S/c1-7(2)4-10-18-11(21-19-10)16-6-9-8(12(13,14)15)5-17-20(9)3/h5,7H,4,6H2,1-3H3,(H,16,18,19). The first kappa shape index (κ1) is 15.7. The second-order valence-electron chi connectivity index (χ2n) is 5.09. The highest BCUT2D eigenvalue weighted by Gasteiger charge is 2.35. The summed E-state index contributed by atoms with van der Waals surface area (Å²) in [6.45, 7) is 4.11. The quantitative estimate of drug-likeness (QED) is 0.920. The number of aromatic nitrogens is 4. The van der Waals surface area contributed by atoms with Crippen molar-refractivity contribution in [3.63, 3.8) is 0 Å². The first-order chi connectivity index (χ1) is 9.77. The molecule has 0 radical (unpaired) electrons. The van der Waals surface area contributed by atoms with Crippen LogP contribution in [0.1, 0.15) is 30.9 Å². The largest absolute Gasteiger partial charge is 0.419 e. The van der Waals surface area contributed by atoms with Gasteiger partial charge in [-0.3, -0.25) is 4.68 Å². The van der Waals surface area contributed by atoms with E-state index in [1.54, 1.807) is 0 Å². The number of nitrogens with one attached hydrogen (secondary N) is 1. The van der Waals surface area contributed by atoms with Crippen LogP contribution in [0.25, 0.3) is 0 Å². The Labute approximate surface area is 124 Å². The van der Waals surface area contributed by atoms with Gasteiger partial charge in [-0.05, 0) is 5.92 Å². The van der Waals surface area contributed by atoms with Crippen LogP contribution in [-0.4, -0.2) is 19.1 Å². The Morgan fingerprint density at radius 2 is 2.10 bits per heavy atom. The summed E-state index contributed by atoms with van der Waals surface area (Å²) in [5.74, 6) is 1.14. The lowest BCUT2D eigenvalue weighted by atomic mass is 10.1. The van der Waals surface area contributed by atoms with Gasteiger partial charge in [0.1, 0.15) is 5.82 Å². The van der Waals surface area contributed by atoms with E-state index in [0.29, 0.717) is 16.9 Å². The summed E-state index contributed by atoms with van der Waals surface area (Å²) in [6, 6.07) is 0. The smallest absolute Gasteiger partial charge is 0.355 e. The van der Waals surface area contributed by atoms with Crippen molar-refractivity contribution in [1.29, 1.82) is 0 Å². The van der Waals surface area contributed by atoms with E-state index in [4.69, 9.17) is 0 Å². The molecule has 0 aliphatic carbocycles. The molecule has 5 nitrogen and oxygen atoms in total. The van der Waals surface area contributed by atoms with Crippen LogP contribution in [-0.2, 0) is 26.2 Å². The summed E-state index contributed by atoms with van der Waals surface area (Å²) in [4.78, 5) is 4.26. The number of alkyl halides is 3. The number of nitrogens with zero attached hydrogens (tertiary/aromatic N) is 4. The van der Waals surface area contributed by atoms with Crippen LogP contribution in [0.5, 0.6) is 0 Å². The monoisotopic (exact) mass is 319 g/mol. The maximum atomic E-state index is 12.8. The van der Waals surface area contributed by atoms with E-state index >= 15 is 0 Å². The van der Waals surface area contributed by atoms with Crippen molar-refractivity contribution < 1.29 is 13.2 Å². The molecule has 1 N–H and O–H groups in total. The number of aryl methyl sites for hydroxylation is 1. The van der Waals surface area contributed by atoms with E-state index in [-0.39, 0.29) is 12.2 Å². The number of halogens is 3. The molecule has 2 aromatic heterocycles. The average molecular weight is 319 g/mol. The topological polar surface area (TPSA) is 55.6 Å². The molecule has 0 bridgehead atoms. The van der Waals surface area contributed by atoms with Crippen LogP contribution in [0.15, 0.2) is 6.20 Å². The van der Waals surface area contributed by atoms with Gasteiger partial charge in [-0.2, -0.15) is 22.6 Å². The molecule has 2 rings (SSSR count). The Morgan fingerprint density at radius 3 is 2.71 bits per heavy atom. The lowest BCUT2D eigenvalue weighted by Gasteiger charge is -2.09. The lowest BCUT2D eigenvalue weighted by Crippen LogP contribution is -2.13. The normalized spacial score (nSPS) is 12.1. The summed E-state index contributed by atoms with van der Waals surface area (Å²) in [5.41, 5.74) is -0.660. The number of rotatable bonds is 5. The third-order valence-corrected chi connectivity index (χ3v) is 3.54. The zero-order valence-corrected chi connectivity index (χ0v) is 12.7. The highest BCUT2D eigenvalue weighted by molar-refractivity contribution is 7.09. The molecule has 0 saturated heterocycles. The summed E-state index contributed by atoms with van der Waals surface area (Å²) in [7, 11) is 1.48. The number of hydrogen-bond acceptors (Lipinski definition) is 5. The van der Waals surface area contributed by atoms with Crippen molar-refractivity contribution in [2.24, 2.45) is 13.0 Å². The Balaban J connectivity index is 2.07. The summed E-state index contributed by atoms with van der Waals surface area (Å²) in [5, 5.41) is 7.06. The molecule has 0 aliphatic rings. The van der Waals surface area contributed by atoms with Gasteiger partial charge >= 0.3 is 6.18 Å². The van der Waals surface area contributed by atoms with Gasteiger partial charge in [0.15, 0.2) is 0 Å². The van der Waals surface area contributed by atoms with Crippen molar-refractivity contribution in [1.82, 2.24) is 19.1 Å². The van der Waals surface area contributed by atoms with Gasteiger partial charge in [-0.25, -0.2) is 4.98 Å². The molecule has 0 aromatic carbocycles. The second-order valence-corrected chi connectivity index (χ2v) is 5.85. The number of anilines is 1. The molecule has 0 aliphatic heterocycles. The van der Waals surface area contributed by atoms with Crippen molar-refractivity contribution in [2.75, 3.05) is 5.32 Å². The minimum Gasteiger partial charge on any atom is -0.355 e. The Morgan fingerprint density at radius 1 is 1.38 bits per heavy atom. The van der Waals surface area contributed by atoms with Crippen LogP contribution in [0.4, 0.5) is 18.3 Å². The van der Waals surface area contributed by atoms with E-state index in [2.05, 4.69) is 33.6 Å². The lowest BCUT2D eigenvalue weighted by molar-refractivity contribution is -0.138. The molecule has 2 heterocycles. The summed E-state index contributed by atoms with van der Waals surface area (Å²) >= 11 is 1.15. The maximum Gasteiger partial charge on any atom is 0.419 e. The highest BCUT2D eigenvalue weighted by Crippen LogP contribution is 2.32. The van der Waals surface area contributed by atoms with E-state index < -0.39 is 11.7 Å². The van der Waals surface area contributed by atoms with Crippen molar-refractivity contribution >= 4 is 16.7 Å². The zero-order chi connectivity index (χ0) is 15.6. The molecule has 9 heteroatoms. The summed E-state index contributed by atoms with van der Waals surface area (Å²) in [6.07, 6.45) is -2.83. The third-order valence-electron chi connectivity index (χ3n) is 2.83. The van der Waals surface area contributed by atoms with Crippen molar-refractivity contribution in [2.45, 2.75) is 33.0 Å². The highest BCUT2D eigenvalue weighted by atomic mass is 32.1. The minimum atomic E-state index is -4.41. The maximum absolute atomic E-state index is 12.8. The molecular weight excluding hydrogens is 303 g/mol. The van der Waals surface area contributed by atoms with Gasteiger partial charge in [0.2, 0.25) is 5.13 Å². The van der Waals surface area contributed by atoms with E-state index in [0.717, 1.165) is 24.2 Å². The average Bonchev–Trinajstić information content (AvgIpc) is 2.92. The number of hydrogen-bond donors (Lipinski definition) is 1. The SMILES string of the molecule is CC(C)Cc1nsc(NCc2c(C(F)(F)F)cnn2C)n1. The van der Waals surface area contributed by atoms with E-state index in [1.807, 2.05) is 0 Å². The fourth-order valence-electron chi connectivity index (χ4n) is 1.84. The van der Waals surface area contributed by atoms with Gasteiger partial charge in [0.25, 0.3) is 0 Å². The predicted molar refractivity (Wildman–Crippen MR) is 74.0 cm³/mol. The van der Waals surface area contributed by atoms with Gasteiger partial charge in [-0.1, -0.05) is 13.8 Å². The van der Waals surface area contributed by atoms with Crippen LogP contribution in [0.3, 0.4) is 0 Å². The van der Waals surface area contributed by atoms with Gasteiger partial charge in [0, 0.05) is 25.0 Å². The first-order valence-corrected chi connectivity index (χ1v) is 7.19. The van der Waals surface area contributed by atoms with Crippen molar-refractivity contribution in [3.8, 4) is 0 Å². The first-order valence-electron chi connectivity index (χ1n) is 6.42. The molecule has 21 heavy (non-hydrogen) atoms. The van der Waals surface area contributed by atoms with Gasteiger partial charge in [-0.15, -0.1) is 0 Å². The fraction of sp³-hybridized carbons (Fsp3) is 0.583. The Bertz CT molecular complexity index is 602. The van der Waals surface area contributed by atoms with Gasteiger partial charge < -0.3 is 5.32 Å². The molecule has 0 fully saturated rings. The van der Waals surface area contributed by atoms with Crippen LogP contribution < -0.4 is 5.32 Å². The Hall–Kier alpha value is -1.64. The molecule has 0 atom stereocenters. The Kier molecular flexibility index (Phi) is 4.50. The molecule has 0 amide bonds. The fourth-order valence-corrected chi connectivity index (χ4v) is 2.43. The zero-order valence-electron chi connectivity index (χ0n) is 11.9. The molecule has 0 unspecified atom stereocenters. The summed E-state index contributed by atoms with van der Waals surface area (Å²) < 4.78 is 43.9. The molecule has 2 aromatic rings. The van der Waals surface area contributed by atoms with Gasteiger partial charge in [0.05, 0.1) is 24.0 Å². The van der Waals surface area contributed by atoms with E-state index in [9.17, 15) is 13.2 Å². The third kappa shape index (κ3) is 3.93. The second kappa shape index (κ2) is 6.00. The van der Waals surface area contributed by atoms with E-state index in [1.165, 1.54) is 11.7 Å². The van der Waals surface area contributed by atoms with Crippen LogP contribution in [0, 0.1) is 5.92 Å². The van der Waals surface area contributed by atoms with Crippen LogP contribution >= 0.6 is 11.5 Å². The minimum absolute atomic E-state index is 0.00164.